The molecule has 2 rings (SSSR count). The number of aromatic nitrogens is 1. The summed E-state index contributed by atoms with van der Waals surface area (Å²) in [6.45, 7) is 7.11. The van der Waals surface area contributed by atoms with Crippen LogP contribution in [0.15, 0.2) is 18.2 Å². The molecule has 19 heavy (non-hydrogen) atoms. The minimum atomic E-state index is -0.450. The molecule has 1 aromatic heterocycles. The van der Waals surface area contributed by atoms with Crippen LogP contribution in [-0.4, -0.2) is 11.5 Å². The number of benzene rings is 1. The van der Waals surface area contributed by atoms with Crippen LogP contribution in [0, 0.1) is 5.82 Å². The van der Waals surface area contributed by atoms with Gasteiger partial charge in [-0.05, 0) is 30.0 Å². The number of nitrogens with zero attached hydrogens (tertiary/aromatic N) is 1. The molecule has 0 bridgehead atoms. The van der Waals surface area contributed by atoms with Crippen LogP contribution in [0.2, 0.25) is 5.02 Å². The van der Waals surface area contributed by atoms with Crippen LogP contribution in [0.25, 0.3) is 10.9 Å². The molecule has 0 atom stereocenters. The molecule has 0 aliphatic heterocycles. The summed E-state index contributed by atoms with van der Waals surface area (Å²) in [7, 11) is 0. The fourth-order valence-electron chi connectivity index (χ4n) is 2.02. The lowest BCUT2D eigenvalue weighted by molar-refractivity contribution is 0.637. The molecule has 0 aliphatic rings. The van der Waals surface area contributed by atoms with E-state index in [1.165, 1.54) is 0 Å². The largest absolute Gasteiger partial charge is 0.370 e. The second-order valence-electron chi connectivity index (χ2n) is 4.94. The highest BCUT2D eigenvalue weighted by atomic mass is 35.5. The Bertz CT molecular complexity index is 596. The molecule has 0 radical (unpaired) electrons. The summed E-state index contributed by atoms with van der Waals surface area (Å²) in [4.78, 5) is 4.42. The fourth-order valence-corrected chi connectivity index (χ4v) is 2.17. The van der Waals surface area contributed by atoms with Gasteiger partial charge in [0.1, 0.15) is 11.3 Å². The van der Waals surface area contributed by atoms with Crippen molar-refractivity contribution in [3.63, 3.8) is 0 Å². The predicted molar refractivity (Wildman–Crippen MR) is 79.6 cm³/mol. The van der Waals surface area contributed by atoms with E-state index in [0.717, 1.165) is 29.7 Å². The molecular weight excluding hydrogens is 263 g/mol. The van der Waals surface area contributed by atoms with E-state index in [2.05, 4.69) is 31.1 Å². The Balaban J connectivity index is 2.62. The smallest absolute Gasteiger partial charge is 0.168 e. The van der Waals surface area contributed by atoms with Gasteiger partial charge in [-0.3, -0.25) is 0 Å². The Kier molecular flexibility index (Phi) is 4.25. The molecule has 4 heteroatoms. The number of rotatable bonds is 4. The Labute approximate surface area is 118 Å². The van der Waals surface area contributed by atoms with Gasteiger partial charge < -0.3 is 5.32 Å². The fraction of sp³-hybridized carbons (Fsp3) is 0.400. The number of pyridine rings is 1. The van der Waals surface area contributed by atoms with Crippen molar-refractivity contribution < 1.29 is 4.39 Å². The molecule has 0 saturated carbocycles. The Morgan fingerprint density at radius 3 is 2.74 bits per heavy atom. The van der Waals surface area contributed by atoms with Crippen molar-refractivity contribution in [1.82, 2.24) is 4.98 Å². The van der Waals surface area contributed by atoms with Gasteiger partial charge in [-0.2, -0.15) is 0 Å². The van der Waals surface area contributed by atoms with E-state index in [0.29, 0.717) is 11.4 Å². The van der Waals surface area contributed by atoms with Crippen molar-refractivity contribution in [2.75, 3.05) is 11.9 Å². The average Bonchev–Trinajstić information content (AvgIpc) is 2.40. The van der Waals surface area contributed by atoms with E-state index in [1.807, 2.05) is 12.1 Å². The van der Waals surface area contributed by atoms with Crippen molar-refractivity contribution in [2.45, 2.75) is 33.1 Å². The molecule has 0 saturated heterocycles. The van der Waals surface area contributed by atoms with Gasteiger partial charge in [0, 0.05) is 11.9 Å². The maximum absolute atomic E-state index is 14.0. The second-order valence-corrected chi connectivity index (χ2v) is 5.35. The van der Waals surface area contributed by atoms with Crippen LogP contribution in [0.4, 0.5) is 10.2 Å². The van der Waals surface area contributed by atoms with E-state index < -0.39 is 5.82 Å². The van der Waals surface area contributed by atoms with E-state index in [1.54, 1.807) is 6.07 Å². The molecular formula is C15H18ClFN2. The predicted octanol–water partition coefficient (Wildman–Crippen LogP) is 4.97. The van der Waals surface area contributed by atoms with E-state index in [9.17, 15) is 4.39 Å². The first kappa shape index (κ1) is 14.1. The zero-order valence-corrected chi connectivity index (χ0v) is 12.2. The van der Waals surface area contributed by atoms with Crippen molar-refractivity contribution in [2.24, 2.45) is 0 Å². The number of fused-ring (bicyclic) bond motifs is 1. The lowest BCUT2D eigenvalue weighted by atomic mass is 10.0. The van der Waals surface area contributed by atoms with Crippen molar-refractivity contribution in [3.8, 4) is 0 Å². The number of nitrogens with one attached hydrogen (secondary N) is 1. The lowest BCUT2D eigenvalue weighted by Crippen LogP contribution is -2.07. The summed E-state index contributed by atoms with van der Waals surface area (Å²) in [5.41, 5.74) is 1.43. The molecule has 0 spiro atoms. The molecule has 1 aromatic carbocycles. The third kappa shape index (κ3) is 2.81. The standard InChI is InChI=1S/C15H18ClFN2/c1-4-7-18-15-11(9(2)3)8-10-5-6-12(16)13(17)14(10)19-15/h5-6,8-9H,4,7H2,1-3H3,(H,18,19). The van der Waals surface area contributed by atoms with Gasteiger partial charge in [-0.1, -0.05) is 38.4 Å². The van der Waals surface area contributed by atoms with Gasteiger partial charge in [0.25, 0.3) is 0 Å². The normalized spacial score (nSPS) is 11.3. The van der Waals surface area contributed by atoms with Gasteiger partial charge in [0.2, 0.25) is 0 Å². The SMILES string of the molecule is CCCNc1nc2c(F)c(Cl)ccc2cc1C(C)C. The quantitative estimate of drug-likeness (QED) is 0.855. The molecule has 0 fully saturated rings. The molecule has 1 N–H and O–H groups in total. The topological polar surface area (TPSA) is 24.9 Å². The maximum Gasteiger partial charge on any atom is 0.168 e. The van der Waals surface area contributed by atoms with Crippen LogP contribution in [0.3, 0.4) is 0 Å². The first-order chi connectivity index (χ1) is 9.04. The van der Waals surface area contributed by atoms with Gasteiger partial charge >= 0.3 is 0 Å². The van der Waals surface area contributed by atoms with E-state index in [4.69, 9.17) is 11.6 Å². The zero-order valence-electron chi connectivity index (χ0n) is 11.4. The number of anilines is 1. The molecule has 102 valence electrons. The maximum atomic E-state index is 14.0. The van der Waals surface area contributed by atoms with Crippen LogP contribution in [0.1, 0.15) is 38.7 Å². The van der Waals surface area contributed by atoms with E-state index in [-0.39, 0.29) is 5.02 Å². The summed E-state index contributed by atoms with van der Waals surface area (Å²) < 4.78 is 14.0. The highest BCUT2D eigenvalue weighted by molar-refractivity contribution is 6.31. The molecule has 1 heterocycles. The first-order valence-electron chi connectivity index (χ1n) is 6.57. The van der Waals surface area contributed by atoms with Crippen LogP contribution in [0.5, 0.6) is 0 Å². The van der Waals surface area contributed by atoms with Crippen LogP contribution < -0.4 is 5.32 Å². The number of hydrogen-bond acceptors (Lipinski definition) is 2. The average molecular weight is 281 g/mol. The van der Waals surface area contributed by atoms with E-state index >= 15 is 0 Å². The monoisotopic (exact) mass is 280 g/mol. The molecule has 0 unspecified atom stereocenters. The van der Waals surface area contributed by atoms with Crippen molar-refractivity contribution >= 4 is 28.3 Å². The second kappa shape index (κ2) is 5.74. The molecule has 0 aliphatic carbocycles. The van der Waals surface area contributed by atoms with Crippen molar-refractivity contribution in [1.29, 1.82) is 0 Å². The summed E-state index contributed by atoms with van der Waals surface area (Å²) in [5.74, 6) is 0.634. The molecule has 0 amide bonds. The molecule has 2 nitrogen and oxygen atoms in total. The lowest BCUT2D eigenvalue weighted by Gasteiger charge is -2.15. The van der Waals surface area contributed by atoms with Gasteiger partial charge in [0.15, 0.2) is 5.82 Å². The highest BCUT2D eigenvalue weighted by Gasteiger charge is 2.13. The summed E-state index contributed by atoms with van der Waals surface area (Å²) >= 11 is 5.81. The molecule has 2 aromatic rings. The third-order valence-corrected chi connectivity index (χ3v) is 3.36. The zero-order chi connectivity index (χ0) is 14.0. The minimum Gasteiger partial charge on any atom is -0.370 e. The van der Waals surface area contributed by atoms with Crippen LogP contribution >= 0.6 is 11.6 Å². The Hall–Kier alpha value is -1.35. The minimum absolute atomic E-state index is 0.110. The highest BCUT2D eigenvalue weighted by Crippen LogP contribution is 2.30. The summed E-state index contributed by atoms with van der Waals surface area (Å²) in [6.07, 6.45) is 0.995. The first-order valence-corrected chi connectivity index (χ1v) is 6.95. The van der Waals surface area contributed by atoms with Gasteiger partial charge in [0.05, 0.1) is 5.02 Å². The van der Waals surface area contributed by atoms with Crippen LogP contribution in [-0.2, 0) is 0 Å². The Morgan fingerprint density at radius 2 is 2.11 bits per heavy atom. The Morgan fingerprint density at radius 1 is 1.37 bits per heavy atom. The van der Waals surface area contributed by atoms with Gasteiger partial charge in [-0.15, -0.1) is 0 Å². The number of hydrogen-bond donors (Lipinski definition) is 1. The summed E-state index contributed by atoms with van der Waals surface area (Å²) in [5, 5.41) is 4.16. The van der Waals surface area contributed by atoms with Gasteiger partial charge in [-0.25, -0.2) is 9.37 Å². The number of halogens is 2. The summed E-state index contributed by atoms with van der Waals surface area (Å²) in [6, 6.07) is 5.37. The third-order valence-electron chi connectivity index (χ3n) is 3.07. The van der Waals surface area contributed by atoms with Crippen molar-refractivity contribution in [3.05, 3.63) is 34.6 Å².